The van der Waals surface area contributed by atoms with Crippen LogP contribution < -0.4 is 11.1 Å². The van der Waals surface area contributed by atoms with Crippen LogP contribution in [0.3, 0.4) is 0 Å². The average molecular weight is 255 g/mol. The molecule has 0 radical (unpaired) electrons. The summed E-state index contributed by atoms with van der Waals surface area (Å²) in [6, 6.07) is -0.420. The summed E-state index contributed by atoms with van der Waals surface area (Å²) in [5, 5.41) is 2.79. The highest BCUT2D eigenvalue weighted by molar-refractivity contribution is 5.88. The summed E-state index contributed by atoms with van der Waals surface area (Å²) in [4.78, 5) is 25.7. The molecule has 1 rings (SSSR count). The predicted octanol–water partition coefficient (Wildman–Crippen LogP) is 0.489. The summed E-state index contributed by atoms with van der Waals surface area (Å²) in [6.45, 7) is 5.87. The van der Waals surface area contributed by atoms with Gasteiger partial charge in [-0.25, -0.2) is 0 Å². The van der Waals surface area contributed by atoms with Gasteiger partial charge in [0.1, 0.15) is 6.04 Å². The van der Waals surface area contributed by atoms with Crippen molar-refractivity contribution < 1.29 is 9.59 Å². The minimum atomic E-state index is -0.420. The Balaban J connectivity index is 2.35. The maximum atomic E-state index is 12.0. The van der Waals surface area contributed by atoms with Crippen LogP contribution in [0.2, 0.25) is 0 Å². The summed E-state index contributed by atoms with van der Waals surface area (Å²) in [5.41, 5.74) is 5.42. The van der Waals surface area contributed by atoms with Crippen molar-refractivity contribution in [3.8, 4) is 0 Å². The first-order chi connectivity index (χ1) is 8.56. The number of hydrogen-bond donors (Lipinski definition) is 2. The van der Waals surface area contributed by atoms with E-state index < -0.39 is 6.04 Å². The molecule has 2 atom stereocenters. The van der Waals surface area contributed by atoms with E-state index in [1.807, 2.05) is 11.8 Å². The van der Waals surface area contributed by atoms with Gasteiger partial charge >= 0.3 is 0 Å². The summed E-state index contributed by atoms with van der Waals surface area (Å²) < 4.78 is 0. The number of nitrogens with one attached hydrogen (secondary N) is 1. The van der Waals surface area contributed by atoms with Gasteiger partial charge in [-0.1, -0.05) is 6.92 Å². The zero-order valence-corrected chi connectivity index (χ0v) is 11.4. The standard InChI is InChI=1S/C13H25N3O2/c1-10(6-5-7-14)12(17)15-11(2)13(18)16-8-3-4-9-16/h10-11H,3-9,14H2,1-2H3,(H,15,17). The number of hydrogen-bond acceptors (Lipinski definition) is 3. The number of likely N-dealkylation sites (tertiary alicyclic amines) is 1. The van der Waals surface area contributed by atoms with Crippen molar-refractivity contribution in [2.45, 2.75) is 45.6 Å². The fourth-order valence-electron chi connectivity index (χ4n) is 2.18. The predicted molar refractivity (Wildman–Crippen MR) is 70.9 cm³/mol. The first-order valence-electron chi connectivity index (χ1n) is 6.85. The van der Waals surface area contributed by atoms with Crippen molar-refractivity contribution in [3.05, 3.63) is 0 Å². The molecule has 0 aliphatic carbocycles. The Bertz CT molecular complexity index is 288. The smallest absolute Gasteiger partial charge is 0.244 e. The molecule has 0 saturated carbocycles. The SMILES string of the molecule is CC(CCCN)C(=O)NC(C)C(=O)N1CCCC1. The summed E-state index contributed by atoms with van der Waals surface area (Å²) in [6.07, 6.45) is 3.74. The van der Waals surface area contributed by atoms with Crippen molar-refractivity contribution in [2.75, 3.05) is 19.6 Å². The summed E-state index contributed by atoms with van der Waals surface area (Å²) in [5.74, 6) is -0.0993. The van der Waals surface area contributed by atoms with E-state index in [-0.39, 0.29) is 17.7 Å². The fraction of sp³-hybridized carbons (Fsp3) is 0.846. The Morgan fingerprint density at radius 2 is 1.89 bits per heavy atom. The third-order valence-electron chi connectivity index (χ3n) is 3.44. The number of nitrogens with zero attached hydrogens (tertiary/aromatic N) is 1. The first-order valence-corrected chi connectivity index (χ1v) is 6.85. The molecule has 1 fully saturated rings. The van der Waals surface area contributed by atoms with Crippen LogP contribution in [0, 0.1) is 5.92 Å². The minimum absolute atomic E-state index is 0.0341. The lowest BCUT2D eigenvalue weighted by atomic mass is 10.0. The van der Waals surface area contributed by atoms with Crippen molar-refractivity contribution in [3.63, 3.8) is 0 Å². The molecule has 2 unspecified atom stereocenters. The molecule has 0 bridgehead atoms. The largest absolute Gasteiger partial charge is 0.344 e. The Morgan fingerprint density at radius 1 is 1.28 bits per heavy atom. The lowest BCUT2D eigenvalue weighted by Gasteiger charge is -2.22. The van der Waals surface area contributed by atoms with Crippen molar-refractivity contribution in [2.24, 2.45) is 11.7 Å². The van der Waals surface area contributed by atoms with Gasteiger partial charge in [-0.3, -0.25) is 9.59 Å². The van der Waals surface area contributed by atoms with E-state index >= 15 is 0 Å². The van der Waals surface area contributed by atoms with E-state index in [9.17, 15) is 9.59 Å². The molecule has 18 heavy (non-hydrogen) atoms. The van der Waals surface area contributed by atoms with Gasteiger partial charge in [0.15, 0.2) is 0 Å². The topological polar surface area (TPSA) is 75.4 Å². The second-order valence-electron chi connectivity index (χ2n) is 5.09. The normalized spacial score (nSPS) is 18.5. The first kappa shape index (κ1) is 15.0. The van der Waals surface area contributed by atoms with Crippen LogP contribution in [0.4, 0.5) is 0 Å². The third-order valence-corrected chi connectivity index (χ3v) is 3.44. The number of rotatable bonds is 6. The van der Waals surface area contributed by atoms with Crippen LogP contribution in [0.15, 0.2) is 0 Å². The van der Waals surface area contributed by atoms with Crippen LogP contribution in [0.5, 0.6) is 0 Å². The van der Waals surface area contributed by atoms with Crippen LogP contribution in [0.25, 0.3) is 0 Å². The number of amides is 2. The van der Waals surface area contributed by atoms with Crippen LogP contribution in [-0.4, -0.2) is 42.4 Å². The Morgan fingerprint density at radius 3 is 2.44 bits per heavy atom. The Hall–Kier alpha value is -1.10. The maximum Gasteiger partial charge on any atom is 0.244 e. The number of carbonyl (C=O) groups is 2. The van der Waals surface area contributed by atoms with Gasteiger partial charge in [-0.15, -0.1) is 0 Å². The van der Waals surface area contributed by atoms with Crippen molar-refractivity contribution in [1.29, 1.82) is 0 Å². The highest BCUT2D eigenvalue weighted by Gasteiger charge is 2.25. The average Bonchev–Trinajstić information content (AvgIpc) is 2.88. The quantitative estimate of drug-likeness (QED) is 0.725. The van der Waals surface area contributed by atoms with E-state index in [1.54, 1.807) is 6.92 Å². The molecule has 0 aromatic rings. The van der Waals surface area contributed by atoms with Gasteiger partial charge in [-0.05, 0) is 39.2 Å². The van der Waals surface area contributed by atoms with E-state index in [0.29, 0.717) is 6.54 Å². The molecule has 1 aliphatic heterocycles. The van der Waals surface area contributed by atoms with Crippen molar-refractivity contribution in [1.82, 2.24) is 10.2 Å². The maximum absolute atomic E-state index is 12.0. The molecule has 1 heterocycles. The van der Waals surface area contributed by atoms with Crippen LogP contribution in [0.1, 0.15) is 39.5 Å². The molecule has 5 nitrogen and oxygen atoms in total. The molecule has 1 aliphatic rings. The molecular weight excluding hydrogens is 230 g/mol. The molecule has 0 aromatic heterocycles. The number of carbonyl (C=O) groups excluding carboxylic acids is 2. The molecular formula is C13H25N3O2. The Kier molecular flexibility index (Phi) is 6.12. The van der Waals surface area contributed by atoms with E-state index in [4.69, 9.17) is 5.73 Å². The van der Waals surface area contributed by atoms with E-state index in [1.165, 1.54) is 0 Å². The second kappa shape index (κ2) is 7.36. The lowest BCUT2D eigenvalue weighted by molar-refractivity contribution is -0.136. The monoisotopic (exact) mass is 255 g/mol. The zero-order valence-electron chi connectivity index (χ0n) is 11.4. The third kappa shape index (κ3) is 4.29. The van der Waals surface area contributed by atoms with Gasteiger partial charge in [0, 0.05) is 19.0 Å². The Labute approximate surface area is 109 Å². The highest BCUT2D eigenvalue weighted by Crippen LogP contribution is 2.10. The molecule has 5 heteroatoms. The van der Waals surface area contributed by atoms with Gasteiger partial charge in [0.2, 0.25) is 11.8 Å². The fourth-order valence-corrected chi connectivity index (χ4v) is 2.18. The van der Waals surface area contributed by atoms with Crippen molar-refractivity contribution >= 4 is 11.8 Å². The summed E-state index contributed by atoms with van der Waals surface area (Å²) in [7, 11) is 0. The molecule has 1 saturated heterocycles. The van der Waals surface area contributed by atoms with E-state index in [0.717, 1.165) is 38.8 Å². The highest BCUT2D eigenvalue weighted by atomic mass is 16.2. The minimum Gasteiger partial charge on any atom is -0.344 e. The number of nitrogens with two attached hydrogens (primary N) is 1. The second-order valence-corrected chi connectivity index (χ2v) is 5.09. The van der Waals surface area contributed by atoms with Gasteiger partial charge in [-0.2, -0.15) is 0 Å². The van der Waals surface area contributed by atoms with Crippen LogP contribution >= 0.6 is 0 Å². The van der Waals surface area contributed by atoms with Gasteiger partial charge in [0.05, 0.1) is 0 Å². The lowest BCUT2D eigenvalue weighted by Crippen LogP contribution is -2.47. The zero-order chi connectivity index (χ0) is 13.5. The molecule has 104 valence electrons. The molecule has 2 amide bonds. The van der Waals surface area contributed by atoms with Gasteiger partial charge < -0.3 is 16.0 Å². The van der Waals surface area contributed by atoms with E-state index in [2.05, 4.69) is 5.32 Å². The molecule has 0 aromatic carbocycles. The van der Waals surface area contributed by atoms with Crippen LogP contribution in [-0.2, 0) is 9.59 Å². The molecule has 0 spiro atoms. The van der Waals surface area contributed by atoms with Gasteiger partial charge in [0.25, 0.3) is 0 Å². The summed E-state index contributed by atoms with van der Waals surface area (Å²) >= 11 is 0. The molecule has 3 N–H and O–H groups in total.